The van der Waals surface area contributed by atoms with E-state index in [4.69, 9.17) is 11.6 Å². The number of halogens is 3. The first kappa shape index (κ1) is 16.6. The molecule has 0 amide bonds. The number of rotatable bonds is 5. The Balaban J connectivity index is 2.16. The highest BCUT2D eigenvalue weighted by Gasteiger charge is 2.38. The van der Waals surface area contributed by atoms with Crippen molar-refractivity contribution in [3.8, 4) is 0 Å². The van der Waals surface area contributed by atoms with Crippen molar-refractivity contribution < 1.29 is 17.2 Å². The van der Waals surface area contributed by atoms with Gasteiger partial charge < -0.3 is 5.32 Å². The molecule has 2 rings (SSSR count). The Bertz CT molecular complexity index is 612. The van der Waals surface area contributed by atoms with Crippen LogP contribution in [0.2, 0.25) is 5.02 Å². The lowest BCUT2D eigenvalue weighted by Crippen LogP contribution is -2.48. The molecule has 0 spiro atoms. The number of alkyl halides is 1. The summed E-state index contributed by atoms with van der Waals surface area (Å²) in [5.41, 5.74) is 0.329. The quantitative estimate of drug-likeness (QED) is 0.858. The van der Waals surface area contributed by atoms with Crippen molar-refractivity contribution in [2.45, 2.75) is 31.6 Å². The van der Waals surface area contributed by atoms with Crippen LogP contribution in [0.25, 0.3) is 0 Å². The van der Waals surface area contributed by atoms with E-state index in [1.807, 2.05) is 0 Å². The fourth-order valence-electron chi connectivity index (χ4n) is 2.36. The van der Waals surface area contributed by atoms with Crippen LogP contribution in [0.3, 0.4) is 0 Å². The molecule has 1 aromatic rings. The summed E-state index contributed by atoms with van der Waals surface area (Å²) in [6, 6.07) is 3.16. The van der Waals surface area contributed by atoms with Gasteiger partial charge in [0.2, 0.25) is 10.0 Å². The van der Waals surface area contributed by atoms with E-state index in [0.717, 1.165) is 0 Å². The van der Waals surface area contributed by atoms with Crippen LogP contribution in [-0.2, 0) is 16.4 Å². The lowest BCUT2D eigenvalue weighted by atomic mass is 10.0. The Labute approximate surface area is 127 Å². The standard InChI is InChI=1S/C13H17ClF2N2O2S/c1-2-21(19,20)18-13-10(15)7-17-11(13)6-8-4-3-5-9(14)12(8)16/h3-5,10-11,13,17-18H,2,6-7H2,1H3/t10-,11-,13-/m0/s1. The minimum Gasteiger partial charge on any atom is -0.309 e. The summed E-state index contributed by atoms with van der Waals surface area (Å²) in [6.45, 7) is 1.51. The summed E-state index contributed by atoms with van der Waals surface area (Å²) in [7, 11) is -3.53. The average molecular weight is 339 g/mol. The van der Waals surface area contributed by atoms with Gasteiger partial charge in [-0.15, -0.1) is 0 Å². The zero-order valence-electron chi connectivity index (χ0n) is 11.4. The Hall–Kier alpha value is -0.760. The van der Waals surface area contributed by atoms with Crippen molar-refractivity contribution in [1.82, 2.24) is 10.0 Å². The van der Waals surface area contributed by atoms with Gasteiger partial charge >= 0.3 is 0 Å². The molecule has 8 heteroatoms. The van der Waals surface area contributed by atoms with E-state index in [-0.39, 0.29) is 23.7 Å². The molecule has 0 aromatic heterocycles. The monoisotopic (exact) mass is 338 g/mol. The van der Waals surface area contributed by atoms with Crippen molar-refractivity contribution >= 4 is 21.6 Å². The first-order valence-electron chi connectivity index (χ1n) is 6.64. The minimum atomic E-state index is -3.53. The van der Waals surface area contributed by atoms with E-state index in [9.17, 15) is 17.2 Å². The summed E-state index contributed by atoms with van der Waals surface area (Å²) in [5.74, 6) is -0.686. The van der Waals surface area contributed by atoms with Gasteiger partial charge in [0.15, 0.2) is 0 Å². The highest BCUT2D eigenvalue weighted by Crippen LogP contribution is 2.22. The first-order valence-corrected chi connectivity index (χ1v) is 8.67. The number of hydrogen-bond acceptors (Lipinski definition) is 3. The maximum absolute atomic E-state index is 13.9. The van der Waals surface area contributed by atoms with Gasteiger partial charge in [-0.3, -0.25) is 0 Å². The molecule has 0 aliphatic carbocycles. The van der Waals surface area contributed by atoms with Crippen LogP contribution in [0, 0.1) is 5.82 Å². The van der Waals surface area contributed by atoms with Crippen molar-refractivity contribution in [2.24, 2.45) is 0 Å². The first-order chi connectivity index (χ1) is 9.84. The molecule has 1 aromatic carbocycles. The van der Waals surface area contributed by atoms with Gasteiger partial charge in [0, 0.05) is 12.6 Å². The molecule has 0 radical (unpaired) electrons. The molecular weight excluding hydrogens is 322 g/mol. The Morgan fingerprint density at radius 2 is 2.19 bits per heavy atom. The molecule has 0 saturated carbocycles. The van der Waals surface area contributed by atoms with Gasteiger partial charge in [0.1, 0.15) is 12.0 Å². The third-order valence-corrected chi connectivity index (χ3v) is 5.25. The molecular formula is C13H17ClF2N2O2S. The summed E-state index contributed by atoms with van der Waals surface area (Å²) in [4.78, 5) is 0. The fraction of sp³-hybridized carbons (Fsp3) is 0.538. The van der Waals surface area contributed by atoms with Crippen LogP contribution in [0.5, 0.6) is 0 Å². The molecule has 118 valence electrons. The fourth-order valence-corrected chi connectivity index (χ4v) is 3.45. The molecule has 2 N–H and O–H groups in total. The second kappa shape index (κ2) is 6.56. The van der Waals surface area contributed by atoms with Gasteiger partial charge in [-0.2, -0.15) is 0 Å². The van der Waals surface area contributed by atoms with Gasteiger partial charge in [-0.1, -0.05) is 23.7 Å². The topological polar surface area (TPSA) is 58.2 Å². The number of benzene rings is 1. The van der Waals surface area contributed by atoms with E-state index in [0.29, 0.717) is 5.56 Å². The Morgan fingerprint density at radius 1 is 1.48 bits per heavy atom. The molecule has 0 unspecified atom stereocenters. The lowest BCUT2D eigenvalue weighted by molar-refractivity contribution is 0.304. The van der Waals surface area contributed by atoms with Gasteiger partial charge in [0.25, 0.3) is 0 Å². The summed E-state index contributed by atoms with van der Waals surface area (Å²) >= 11 is 5.71. The second-order valence-corrected chi connectivity index (χ2v) is 7.44. The normalized spacial score (nSPS) is 26.2. The largest absolute Gasteiger partial charge is 0.309 e. The number of sulfonamides is 1. The molecule has 21 heavy (non-hydrogen) atoms. The maximum Gasteiger partial charge on any atom is 0.211 e. The molecule has 1 fully saturated rings. The SMILES string of the molecule is CCS(=O)(=O)N[C@@H]1[C@H](Cc2cccc(Cl)c2F)NC[C@@H]1F. The second-order valence-electron chi connectivity index (χ2n) is 4.99. The van der Waals surface area contributed by atoms with E-state index < -0.39 is 34.1 Å². The van der Waals surface area contributed by atoms with Crippen LogP contribution < -0.4 is 10.0 Å². The third-order valence-electron chi connectivity index (χ3n) is 3.57. The van der Waals surface area contributed by atoms with Gasteiger partial charge in [0.05, 0.1) is 16.8 Å². The summed E-state index contributed by atoms with van der Waals surface area (Å²) in [5, 5.41) is 2.88. The van der Waals surface area contributed by atoms with Crippen molar-refractivity contribution in [1.29, 1.82) is 0 Å². The molecule has 4 nitrogen and oxygen atoms in total. The zero-order chi connectivity index (χ0) is 15.6. The molecule has 1 saturated heterocycles. The Kier molecular flexibility index (Phi) is 5.19. The summed E-state index contributed by atoms with van der Waals surface area (Å²) < 4.78 is 53.3. The van der Waals surface area contributed by atoms with Crippen molar-refractivity contribution in [2.75, 3.05) is 12.3 Å². The smallest absolute Gasteiger partial charge is 0.211 e. The Morgan fingerprint density at radius 3 is 2.86 bits per heavy atom. The number of hydrogen-bond donors (Lipinski definition) is 2. The highest BCUT2D eigenvalue weighted by molar-refractivity contribution is 7.89. The molecule has 1 heterocycles. The van der Waals surface area contributed by atoms with E-state index in [2.05, 4.69) is 10.0 Å². The molecule has 0 bridgehead atoms. The van der Waals surface area contributed by atoms with Crippen molar-refractivity contribution in [3.63, 3.8) is 0 Å². The van der Waals surface area contributed by atoms with E-state index in [1.54, 1.807) is 12.1 Å². The molecule has 1 aliphatic rings. The van der Waals surface area contributed by atoms with Crippen LogP contribution in [0.1, 0.15) is 12.5 Å². The van der Waals surface area contributed by atoms with Crippen LogP contribution in [0.4, 0.5) is 8.78 Å². The van der Waals surface area contributed by atoms with Crippen LogP contribution in [-0.4, -0.2) is 39.0 Å². The lowest BCUT2D eigenvalue weighted by Gasteiger charge is -2.22. The average Bonchev–Trinajstić information content (AvgIpc) is 2.76. The predicted molar refractivity (Wildman–Crippen MR) is 78.2 cm³/mol. The van der Waals surface area contributed by atoms with Gasteiger partial charge in [-0.25, -0.2) is 21.9 Å². The van der Waals surface area contributed by atoms with E-state index in [1.165, 1.54) is 13.0 Å². The predicted octanol–water partition coefficient (Wildman–Crippen LogP) is 1.64. The third kappa shape index (κ3) is 3.91. The van der Waals surface area contributed by atoms with Crippen molar-refractivity contribution in [3.05, 3.63) is 34.6 Å². The van der Waals surface area contributed by atoms with Crippen LogP contribution in [0.15, 0.2) is 18.2 Å². The van der Waals surface area contributed by atoms with E-state index >= 15 is 0 Å². The number of nitrogens with one attached hydrogen (secondary N) is 2. The summed E-state index contributed by atoms with van der Waals surface area (Å²) in [6.07, 6.45) is -1.19. The molecule has 1 aliphatic heterocycles. The zero-order valence-corrected chi connectivity index (χ0v) is 13.0. The molecule has 3 atom stereocenters. The maximum atomic E-state index is 13.9. The van der Waals surface area contributed by atoms with Crippen LogP contribution >= 0.6 is 11.6 Å². The van der Waals surface area contributed by atoms with Gasteiger partial charge in [-0.05, 0) is 25.0 Å². The highest BCUT2D eigenvalue weighted by atomic mass is 35.5. The minimum absolute atomic E-state index is 0.00650.